The highest BCUT2D eigenvalue weighted by molar-refractivity contribution is 8.57. The summed E-state index contributed by atoms with van der Waals surface area (Å²) in [6, 6.07) is 0. The van der Waals surface area contributed by atoms with Gasteiger partial charge in [-0.15, -0.1) is 0 Å². The van der Waals surface area contributed by atoms with Crippen molar-refractivity contribution >= 4 is 32.6 Å². The lowest BCUT2D eigenvalue weighted by Gasteiger charge is -2.25. The van der Waals surface area contributed by atoms with Gasteiger partial charge in [0.15, 0.2) is 0 Å². The van der Waals surface area contributed by atoms with Gasteiger partial charge < -0.3 is 9.47 Å². The zero-order valence-electron chi connectivity index (χ0n) is 8.01. The normalized spacial score (nSPS) is 44.1. The Morgan fingerprint density at radius 1 is 0.867 bits per heavy atom. The lowest BCUT2D eigenvalue weighted by molar-refractivity contribution is -0.135. The van der Waals surface area contributed by atoms with Gasteiger partial charge in [0.1, 0.15) is 10.5 Å². The van der Waals surface area contributed by atoms with E-state index in [4.69, 9.17) is 0 Å². The number of rotatable bonds is 0. The molecule has 82 valence electrons. The summed E-state index contributed by atoms with van der Waals surface area (Å²) in [6.07, 6.45) is 0. The predicted molar refractivity (Wildman–Crippen MR) is 49.5 cm³/mol. The number of carbonyl (C=O) groups is 4. The lowest BCUT2D eigenvalue weighted by Crippen LogP contribution is -2.28. The largest absolute Gasteiger partial charge is 0.385 e. The highest BCUT2D eigenvalue weighted by Gasteiger charge is 2.66. The summed E-state index contributed by atoms with van der Waals surface area (Å²) in [6.45, 7) is 2.83. The number of carbonyl (C=O) groups excluding carboxylic acids is 4. The van der Waals surface area contributed by atoms with E-state index in [2.05, 4.69) is 9.47 Å². The average Bonchev–Trinajstić information content (AvgIpc) is 2.50. The Bertz CT molecular complexity index is 362. The number of hydrogen-bond donors (Lipinski definition) is 0. The van der Waals surface area contributed by atoms with E-state index >= 15 is 0 Å². The van der Waals surface area contributed by atoms with Crippen molar-refractivity contribution in [3.63, 3.8) is 0 Å². The molecule has 0 amide bonds. The molecule has 2 fully saturated rings. The van der Waals surface area contributed by atoms with Crippen LogP contribution in [0.3, 0.4) is 0 Å². The van der Waals surface area contributed by atoms with Crippen molar-refractivity contribution in [2.75, 3.05) is 0 Å². The van der Waals surface area contributed by atoms with Crippen LogP contribution in [0.1, 0.15) is 13.8 Å². The van der Waals surface area contributed by atoms with Gasteiger partial charge >= 0.3 is 22.5 Å². The maximum absolute atomic E-state index is 11.5. The number of hydrogen-bond acceptors (Lipinski definition) is 6. The summed E-state index contributed by atoms with van der Waals surface area (Å²) in [4.78, 5) is 45.5. The third kappa shape index (κ3) is 0.956. The summed E-state index contributed by atoms with van der Waals surface area (Å²) in [5.41, 5.74) is 0. The Balaban J connectivity index is 2.58. The Morgan fingerprint density at radius 2 is 1.20 bits per heavy atom. The maximum Gasteiger partial charge on any atom is 0.368 e. The SMILES string of the molecule is CC1C(=O)OC(=O)S12C(=O)OC(=O)C2C. The molecule has 2 atom stereocenters. The summed E-state index contributed by atoms with van der Waals surface area (Å²) in [5.74, 6) is -1.51. The van der Waals surface area contributed by atoms with Crippen molar-refractivity contribution < 1.29 is 28.7 Å². The second-order valence-corrected chi connectivity index (χ2v) is 6.84. The molecule has 0 aromatic heterocycles. The summed E-state index contributed by atoms with van der Waals surface area (Å²) in [5, 5.41) is -3.58. The third-order valence-electron chi connectivity index (χ3n) is 2.70. The van der Waals surface area contributed by atoms with Gasteiger partial charge in [0.05, 0.1) is 0 Å². The van der Waals surface area contributed by atoms with E-state index in [-0.39, 0.29) is 0 Å². The summed E-state index contributed by atoms with van der Waals surface area (Å²) < 4.78 is 8.81. The van der Waals surface area contributed by atoms with Gasteiger partial charge in [0.25, 0.3) is 0 Å². The molecule has 2 rings (SSSR count). The van der Waals surface area contributed by atoms with Crippen LogP contribution in [-0.4, -0.2) is 33.0 Å². The van der Waals surface area contributed by atoms with Gasteiger partial charge in [-0.2, -0.15) is 0 Å². The van der Waals surface area contributed by atoms with E-state index in [9.17, 15) is 19.2 Å². The van der Waals surface area contributed by atoms with E-state index < -0.39 is 43.1 Å². The van der Waals surface area contributed by atoms with E-state index in [0.717, 1.165) is 0 Å². The van der Waals surface area contributed by atoms with Crippen LogP contribution in [0.15, 0.2) is 0 Å². The molecule has 2 aliphatic rings. The lowest BCUT2D eigenvalue weighted by atomic mass is 10.5. The number of esters is 2. The molecule has 0 radical (unpaired) electrons. The Hall–Kier alpha value is -1.37. The minimum atomic E-state index is -2.76. The molecule has 0 N–H and O–H groups in total. The minimum Gasteiger partial charge on any atom is -0.385 e. The van der Waals surface area contributed by atoms with Crippen LogP contribution < -0.4 is 0 Å². The Kier molecular flexibility index (Phi) is 1.91. The van der Waals surface area contributed by atoms with Gasteiger partial charge in [-0.05, 0) is 23.9 Å². The van der Waals surface area contributed by atoms with Crippen molar-refractivity contribution in [2.45, 2.75) is 24.3 Å². The standard InChI is InChI=1S/C8H8O6S/c1-3-5(9)13-7(11)15(3)4(2)6(10)14-8(15)12/h3-4H,1-2H3. The van der Waals surface area contributed by atoms with Crippen LogP contribution in [0.4, 0.5) is 9.59 Å². The fraction of sp³-hybridized carbons (Fsp3) is 0.500. The zero-order chi connectivity index (χ0) is 11.4. The van der Waals surface area contributed by atoms with Crippen LogP contribution in [0.25, 0.3) is 0 Å². The van der Waals surface area contributed by atoms with Crippen LogP contribution in [0.2, 0.25) is 0 Å². The van der Waals surface area contributed by atoms with Gasteiger partial charge in [-0.25, -0.2) is 9.59 Å². The Morgan fingerprint density at radius 3 is 1.40 bits per heavy atom. The van der Waals surface area contributed by atoms with Crippen LogP contribution >= 0.6 is 10.0 Å². The molecule has 7 heteroatoms. The van der Waals surface area contributed by atoms with E-state index in [1.165, 1.54) is 13.8 Å². The third-order valence-corrected chi connectivity index (χ3v) is 6.58. The fourth-order valence-electron chi connectivity index (χ4n) is 1.72. The zero-order valence-corrected chi connectivity index (χ0v) is 8.83. The van der Waals surface area contributed by atoms with Crippen molar-refractivity contribution in [3.8, 4) is 0 Å². The van der Waals surface area contributed by atoms with Crippen LogP contribution in [0.5, 0.6) is 0 Å². The molecule has 0 aliphatic carbocycles. The molecule has 2 saturated heterocycles. The monoisotopic (exact) mass is 232 g/mol. The molecule has 15 heavy (non-hydrogen) atoms. The highest BCUT2D eigenvalue weighted by atomic mass is 32.3. The first-order valence-corrected chi connectivity index (χ1v) is 6.00. The quantitative estimate of drug-likeness (QED) is 0.456. The highest BCUT2D eigenvalue weighted by Crippen LogP contribution is 2.66. The smallest absolute Gasteiger partial charge is 0.368 e. The van der Waals surface area contributed by atoms with Crippen molar-refractivity contribution in [2.24, 2.45) is 0 Å². The topological polar surface area (TPSA) is 86.7 Å². The molecule has 2 unspecified atom stereocenters. The molecule has 1 spiro atoms. The van der Waals surface area contributed by atoms with E-state index in [1.807, 2.05) is 0 Å². The molecule has 2 heterocycles. The first kappa shape index (κ1) is 10.2. The van der Waals surface area contributed by atoms with Crippen molar-refractivity contribution in [1.29, 1.82) is 0 Å². The van der Waals surface area contributed by atoms with Gasteiger partial charge in [0.2, 0.25) is 0 Å². The fourth-order valence-corrected chi connectivity index (χ4v) is 4.77. The second kappa shape index (κ2) is 2.82. The van der Waals surface area contributed by atoms with E-state index in [1.54, 1.807) is 0 Å². The molecule has 0 aromatic rings. The number of cyclic esters (lactones) is 4. The molecule has 0 saturated carbocycles. The molecule has 0 aromatic carbocycles. The molecule has 2 aliphatic heterocycles. The molecule has 0 bridgehead atoms. The molecular formula is C8H8O6S. The summed E-state index contributed by atoms with van der Waals surface area (Å²) in [7, 11) is -2.76. The summed E-state index contributed by atoms with van der Waals surface area (Å²) >= 11 is 0. The van der Waals surface area contributed by atoms with Gasteiger partial charge in [-0.1, -0.05) is 0 Å². The van der Waals surface area contributed by atoms with Crippen molar-refractivity contribution in [1.82, 2.24) is 0 Å². The van der Waals surface area contributed by atoms with Gasteiger partial charge in [-0.3, -0.25) is 9.59 Å². The molecular weight excluding hydrogens is 224 g/mol. The number of ether oxygens (including phenoxy) is 2. The first-order valence-electron chi connectivity index (χ1n) is 4.24. The van der Waals surface area contributed by atoms with Crippen molar-refractivity contribution in [3.05, 3.63) is 0 Å². The average molecular weight is 232 g/mol. The van der Waals surface area contributed by atoms with Gasteiger partial charge in [0, 0.05) is 0 Å². The van der Waals surface area contributed by atoms with Crippen LogP contribution in [-0.2, 0) is 19.1 Å². The first-order chi connectivity index (χ1) is 6.92. The predicted octanol–water partition coefficient (Wildman–Crippen LogP) is 0.922. The van der Waals surface area contributed by atoms with E-state index in [0.29, 0.717) is 0 Å². The maximum atomic E-state index is 11.5. The minimum absolute atomic E-state index is 0.756. The molecule has 6 nitrogen and oxygen atoms in total. The van der Waals surface area contributed by atoms with Crippen LogP contribution in [0, 0.1) is 0 Å². The Labute approximate surface area is 86.2 Å². The second-order valence-electron chi connectivity index (χ2n) is 3.34.